The fraction of sp³-hybridized carbons (Fsp3) is 0.680. The number of allylic oxidation sites excluding steroid dienone is 1. The fourth-order valence-electron chi connectivity index (χ4n) is 5.60. The second kappa shape index (κ2) is 10.5. The smallest absolute Gasteiger partial charge is 0.206 e. The van der Waals surface area contributed by atoms with Crippen molar-refractivity contribution in [2.45, 2.75) is 82.4 Å². The van der Waals surface area contributed by atoms with Crippen molar-refractivity contribution >= 4 is 11.6 Å². The maximum atomic E-state index is 13.8. The summed E-state index contributed by atoms with van der Waals surface area (Å²) in [4.78, 5) is 0. The molecule has 2 aliphatic carbocycles. The van der Waals surface area contributed by atoms with Crippen molar-refractivity contribution in [3.8, 4) is 0 Å². The van der Waals surface area contributed by atoms with Gasteiger partial charge < -0.3 is 0 Å². The van der Waals surface area contributed by atoms with E-state index in [0.29, 0.717) is 12.0 Å². The first-order chi connectivity index (χ1) is 14.3. The number of hydrogen-bond acceptors (Lipinski definition) is 0. The molecule has 1 aromatic carbocycles. The Labute approximate surface area is 183 Å². The molecule has 1 aromatic rings. The lowest BCUT2D eigenvalue weighted by Crippen LogP contribution is -2.25. The quantitative estimate of drug-likeness (QED) is 0.163. The van der Waals surface area contributed by atoms with Crippen molar-refractivity contribution in [2.75, 3.05) is 0 Å². The molecule has 2 saturated carbocycles. The van der Waals surface area contributed by atoms with Gasteiger partial charge in [0.1, 0.15) is 17.2 Å². The van der Waals surface area contributed by atoms with Crippen LogP contribution < -0.4 is 0 Å². The first-order valence-electron chi connectivity index (χ1n) is 11.5. The molecule has 0 unspecified atom stereocenters. The highest BCUT2D eigenvalue weighted by atomic mass is 35.5. The van der Waals surface area contributed by atoms with Crippen LogP contribution in [0.15, 0.2) is 24.8 Å². The molecule has 3 rings (SSSR count). The largest absolute Gasteiger partial charge is 0.353 e. The van der Waals surface area contributed by atoms with E-state index < -0.39 is 22.6 Å². The van der Waals surface area contributed by atoms with E-state index in [1.165, 1.54) is 51.4 Å². The molecule has 30 heavy (non-hydrogen) atoms. The van der Waals surface area contributed by atoms with Crippen LogP contribution in [0, 0.1) is 35.3 Å². The maximum Gasteiger partial charge on any atom is 0.353 e. The minimum absolute atomic E-state index is 0.411. The highest BCUT2D eigenvalue weighted by Crippen LogP contribution is 2.42. The van der Waals surface area contributed by atoms with E-state index in [-0.39, 0.29) is 0 Å². The first-order valence-corrected chi connectivity index (χ1v) is 11.8. The Morgan fingerprint density at radius 2 is 1.43 bits per heavy atom. The van der Waals surface area contributed by atoms with Crippen LogP contribution in [-0.2, 0) is 11.8 Å². The average molecular weight is 445 g/mol. The van der Waals surface area contributed by atoms with Crippen molar-refractivity contribution < 1.29 is 17.6 Å². The lowest BCUT2D eigenvalue weighted by Gasteiger charge is -2.37. The molecular weight excluding hydrogens is 412 g/mol. The number of benzene rings is 1. The van der Waals surface area contributed by atoms with E-state index in [1.807, 2.05) is 0 Å². The zero-order valence-electron chi connectivity index (χ0n) is 17.6. The Kier molecular flexibility index (Phi) is 8.29. The van der Waals surface area contributed by atoms with Gasteiger partial charge in [-0.2, -0.15) is 8.78 Å². The summed E-state index contributed by atoms with van der Waals surface area (Å²) in [5.74, 6) is 0.710. The number of alkyl halides is 3. The van der Waals surface area contributed by atoms with E-state index in [0.717, 1.165) is 55.1 Å². The maximum absolute atomic E-state index is 13.8. The van der Waals surface area contributed by atoms with Gasteiger partial charge in [-0.05, 0) is 104 Å². The molecule has 5 heteroatoms. The number of halogens is 5. The van der Waals surface area contributed by atoms with Gasteiger partial charge in [-0.15, -0.1) is 6.58 Å². The Morgan fingerprint density at radius 1 is 0.900 bits per heavy atom. The van der Waals surface area contributed by atoms with Gasteiger partial charge in [0, 0.05) is 0 Å². The van der Waals surface area contributed by atoms with E-state index in [4.69, 9.17) is 11.6 Å². The van der Waals surface area contributed by atoms with Gasteiger partial charge in [0.15, 0.2) is 0 Å². The minimum atomic E-state index is -4.03. The zero-order chi connectivity index (χ0) is 21.7. The first kappa shape index (κ1) is 23.6. The monoisotopic (exact) mass is 444 g/mol. The summed E-state index contributed by atoms with van der Waals surface area (Å²) in [6.07, 6.45) is 16.1. The van der Waals surface area contributed by atoms with Gasteiger partial charge in [-0.25, -0.2) is 8.78 Å². The lowest BCUT2D eigenvalue weighted by molar-refractivity contribution is 0.0858. The van der Waals surface area contributed by atoms with Crippen molar-refractivity contribution in [1.29, 1.82) is 0 Å². The third-order valence-electron chi connectivity index (χ3n) is 7.42. The molecule has 2 aliphatic rings. The molecule has 0 nitrogen and oxygen atoms in total. The molecule has 0 bridgehead atoms. The summed E-state index contributed by atoms with van der Waals surface area (Å²) in [7, 11) is 0. The summed E-state index contributed by atoms with van der Waals surface area (Å²) in [6, 6.07) is 1.97. The molecule has 0 atom stereocenters. The third kappa shape index (κ3) is 6.24. The van der Waals surface area contributed by atoms with E-state index in [9.17, 15) is 17.6 Å². The van der Waals surface area contributed by atoms with Crippen LogP contribution in [0.1, 0.15) is 81.8 Å². The molecule has 0 amide bonds. The summed E-state index contributed by atoms with van der Waals surface area (Å²) in [5, 5.41) is -4.03. The van der Waals surface area contributed by atoms with Crippen LogP contribution in [-0.4, -0.2) is 0 Å². The summed E-state index contributed by atoms with van der Waals surface area (Å²) >= 11 is 4.79. The van der Waals surface area contributed by atoms with Crippen molar-refractivity contribution in [3.05, 3.63) is 47.5 Å². The Bertz CT molecular complexity index is 673. The molecule has 0 radical (unpaired) electrons. The summed E-state index contributed by atoms with van der Waals surface area (Å²) in [6.45, 7) is 3.94. The van der Waals surface area contributed by atoms with Crippen molar-refractivity contribution in [2.24, 2.45) is 23.7 Å². The van der Waals surface area contributed by atoms with Gasteiger partial charge in [0.25, 0.3) is 0 Å². The van der Waals surface area contributed by atoms with Crippen LogP contribution in [0.5, 0.6) is 0 Å². The molecule has 0 heterocycles. The van der Waals surface area contributed by atoms with Crippen LogP contribution in [0.3, 0.4) is 0 Å². The molecule has 0 spiro atoms. The van der Waals surface area contributed by atoms with Gasteiger partial charge in [-0.1, -0.05) is 31.8 Å². The van der Waals surface area contributed by atoms with Gasteiger partial charge >= 0.3 is 5.38 Å². The lowest BCUT2D eigenvalue weighted by atomic mass is 9.68. The molecular formula is C25H33ClF4. The summed E-state index contributed by atoms with van der Waals surface area (Å²) < 4.78 is 53.8. The molecule has 168 valence electrons. The van der Waals surface area contributed by atoms with Gasteiger partial charge in [-0.3, -0.25) is 0 Å². The molecule has 0 aliphatic heterocycles. The number of rotatable bonds is 8. The highest BCUT2D eigenvalue weighted by molar-refractivity contribution is 6.21. The molecule has 0 aromatic heterocycles. The third-order valence-corrected chi connectivity index (χ3v) is 7.61. The molecule has 2 fully saturated rings. The van der Waals surface area contributed by atoms with E-state index in [1.54, 1.807) is 0 Å². The Morgan fingerprint density at radius 3 is 1.93 bits per heavy atom. The number of aryl methyl sites for hydroxylation is 1. The normalized spacial score (nSPS) is 27.8. The van der Waals surface area contributed by atoms with Crippen molar-refractivity contribution in [3.63, 3.8) is 0 Å². The zero-order valence-corrected chi connectivity index (χ0v) is 18.4. The fourth-order valence-corrected chi connectivity index (χ4v) is 5.78. The predicted octanol–water partition coefficient (Wildman–Crippen LogP) is 8.76. The molecule has 0 N–H and O–H groups in total. The second-order valence-corrected chi connectivity index (χ2v) is 9.84. The Hall–Kier alpha value is -1.03. The van der Waals surface area contributed by atoms with Crippen LogP contribution >= 0.6 is 11.6 Å². The topological polar surface area (TPSA) is 0 Å². The second-order valence-electron chi connectivity index (χ2n) is 9.37. The standard InChI is InChI=1S/C25H33ClF4/c1-2-17-7-11-20(12-8-17)21-13-9-18(10-14-21)5-3-4-6-19-15-22(27)24(23(28)16-19)25(26,29)30/h2,15-18,20-21H,1,3-14H2. The van der Waals surface area contributed by atoms with Crippen molar-refractivity contribution in [1.82, 2.24) is 0 Å². The minimum Gasteiger partial charge on any atom is -0.206 e. The number of hydrogen-bond donors (Lipinski definition) is 0. The van der Waals surface area contributed by atoms with Gasteiger partial charge in [0.2, 0.25) is 0 Å². The van der Waals surface area contributed by atoms with Crippen LogP contribution in [0.25, 0.3) is 0 Å². The average Bonchev–Trinajstić information content (AvgIpc) is 2.70. The number of unbranched alkanes of at least 4 members (excludes halogenated alkanes) is 1. The van der Waals surface area contributed by atoms with E-state index in [2.05, 4.69) is 12.7 Å². The van der Waals surface area contributed by atoms with Crippen LogP contribution in [0.2, 0.25) is 0 Å². The van der Waals surface area contributed by atoms with Crippen LogP contribution in [0.4, 0.5) is 17.6 Å². The summed E-state index contributed by atoms with van der Waals surface area (Å²) in [5.41, 5.74) is -0.948. The van der Waals surface area contributed by atoms with E-state index >= 15 is 0 Å². The molecule has 0 saturated heterocycles. The predicted molar refractivity (Wildman–Crippen MR) is 115 cm³/mol. The highest BCUT2D eigenvalue weighted by Gasteiger charge is 2.35. The Balaban J connectivity index is 1.36. The SMILES string of the molecule is C=CC1CCC(C2CCC(CCCCc3cc(F)c(C(F)(F)Cl)c(F)c3)CC2)CC1. The van der Waals surface area contributed by atoms with Gasteiger partial charge in [0.05, 0.1) is 0 Å².